The van der Waals surface area contributed by atoms with Gasteiger partial charge in [0.2, 0.25) is 17.8 Å². The molecule has 9 rings (SSSR count). The highest BCUT2D eigenvalue weighted by atomic mass is 79.9. The molecule has 0 bridgehead atoms. The summed E-state index contributed by atoms with van der Waals surface area (Å²) in [6.07, 6.45) is 5.30. The number of hydrogen-bond donors (Lipinski definition) is 1. The SMILES string of the molecule is CC1(C)c2ccc(N3CCN(Cc4cnc(N5CCC(c6cc(F)c(C7CCC(=O)NC7=O)c(F)c6)CC5)nc4)CC3)cc2-n2c1nc(=O)c1c(Br)cccc12. The van der Waals surface area contributed by atoms with Crippen LogP contribution in [-0.2, 0) is 21.5 Å². The van der Waals surface area contributed by atoms with E-state index in [0.29, 0.717) is 42.8 Å². The zero-order valence-corrected chi connectivity index (χ0v) is 32.8. The van der Waals surface area contributed by atoms with Crippen molar-refractivity contribution in [2.45, 2.75) is 63.3 Å². The molecule has 56 heavy (non-hydrogen) atoms. The average Bonchev–Trinajstić information content (AvgIpc) is 3.41. The lowest BCUT2D eigenvalue weighted by molar-refractivity contribution is -0.134. The van der Waals surface area contributed by atoms with Crippen molar-refractivity contribution in [2.75, 3.05) is 49.1 Å². The van der Waals surface area contributed by atoms with Crippen LogP contribution in [0, 0.1) is 11.6 Å². The van der Waals surface area contributed by atoms with Crippen molar-refractivity contribution in [3.63, 3.8) is 0 Å². The second-order valence-electron chi connectivity index (χ2n) is 15.9. The lowest BCUT2D eigenvalue weighted by Crippen LogP contribution is -2.46. The van der Waals surface area contributed by atoms with Crippen molar-refractivity contribution in [3.05, 3.63) is 115 Å². The molecule has 2 aromatic heterocycles. The number of benzene rings is 3. The molecule has 4 aliphatic rings. The van der Waals surface area contributed by atoms with Gasteiger partial charge in [0.25, 0.3) is 5.56 Å². The molecule has 1 unspecified atom stereocenters. The zero-order chi connectivity index (χ0) is 38.9. The fourth-order valence-electron chi connectivity index (χ4n) is 9.01. The summed E-state index contributed by atoms with van der Waals surface area (Å²) in [5, 5.41) is 2.77. The molecular weight excluding hydrogens is 782 g/mol. The zero-order valence-electron chi connectivity index (χ0n) is 31.2. The van der Waals surface area contributed by atoms with E-state index < -0.39 is 34.8 Å². The minimum Gasteiger partial charge on any atom is -0.369 e. The summed E-state index contributed by atoms with van der Waals surface area (Å²) in [5.41, 5.74) is 4.93. The molecule has 0 saturated carbocycles. The van der Waals surface area contributed by atoms with E-state index in [1.165, 1.54) is 12.1 Å². The Kier molecular flexibility index (Phi) is 9.23. The van der Waals surface area contributed by atoms with Crippen LogP contribution in [0.4, 0.5) is 20.4 Å². The van der Waals surface area contributed by atoms with E-state index in [2.05, 4.69) is 77.5 Å². The predicted octanol–water partition coefficient (Wildman–Crippen LogP) is 6.08. The molecule has 5 aromatic rings. The summed E-state index contributed by atoms with van der Waals surface area (Å²) >= 11 is 3.57. The maximum atomic E-state index is 15.2. The van der Waals surface area contributed by atoms with Gasteiger partial charge in [-0.25, -0.2) is 18.7 Å². The number of fused-ring (bicyclic) bond motifs is 5. The molecule has 288 valence electrons. The van der Waals surface area contributed by atoms with Gasteiger partial charge < -0.3 is 9.80 Å². The number of rotatable bonds is 6. The number of amides is 2. The van der Waals surface area contributed by atoms with Gasteiger partial charge in [-0.1, -0.05) is 12.1 Å². The summed E-state index contributed by atoms with van der Waals surface area (Å²) in [4.78, 5) is 57.8. The molecule has 0 spiro atoms. The van der Waals surface area contributed by atoms with Crippen LogP contribution in [0.1, 0.15) is 79.4 Å². The standard InChI is InChI=1S/C42H41BrF2N8O3/c1-42(2)29-8-6-27(20-34(29)53-33-5-3-4-30(43)37(33)39(56)49-40(42)53)51-16-14-50(15-17-51)23-24-21-46-41(47-22-24)52-12-10-25(11-13-52)26-18-31(44)36(32(45)19-26)28-7-9-35(54)48-38(28)55/h3-6,8,18-22,25,28H,7,9-17,23H2,1-2H3,(H,48,54,55). The molecule has 3 aromatic carbocycles. The molecular formula is C42H41BrF2N8O3. The summed E-state index contributed by atoms with van der Waals surface area (Å²) in [5.74, 6) is -2.20. The number of nitrogens with zero attached hydrogens (tertiary/aromatic N) is 7. The Morgan fingerprint density at radius 1 is 0.875 bits per heavy atom. The first-order valence-corrected chi connectivity index (χ1v) is 20.0. The van der Waals surface area contributed by atoms with Gasteiger partial charge in [0, 0.05) is 85.9 Å². The Morgan fingerprint density at radius 2 is 1.59 bits per heavy atom. The van der Waals surface area contributed by atoms with Gasteiger partial charge in [0.05, 0.1) is 27.9 Å². The number of hydrogen-bond acceptors (Lipinski definition) is 9. The average molecular weight is 824 g/mol. The van der Waals surface area contributed by atoms with Crippen LogP contribution in [0.25, 0.3) is 16.6 Å². The number of halogens is 3. The molecule has 11 nitrogen and oxygen atoms in total. The second-order valence-corrected chi connectivity index (χ2v) is 16.7. The fourth-order valence-corrected chi connectivity index (χ4v) is 9.54. The van der Waals surface area contributed by atoms with Crippen LogP contribution in [0.5, 0.6) is 0 Å². The van der Waals surface area contributed by atoms with E-state index in [9.17, 15) is 14.4 Å². The van der Waals surface area contributed by atoms with Gasteiger partial charge in [-0.3, -0.25) is 29.2 Å². The molecule has 2 amide bonds. The monoisotopic (exact) mass is 822 g/mol. The number of imide groups is 1. The highest BCUT2D eigenvalue weighted by Gasteiger charge is 2.39. The van der Waals surface area contributed by atoms with Crippen LogP contribution < -0.4 is 20.7 Å². The summed E-state index contributed by atoms with van der Waals surface area (Å²) < 4.78 is 33.3. The first-order valence-electron chi connectivity index (χ1n) is 19.2. The minimum absolute atomic E-state index is 0.0337. The molecule has 0 aliphatic carbocycles. The normalized spacial score (nSPS) is 20.0. The highest BCUT2D eigenvalue weighted by Crippen LogP contribution is 2.44. The van der Waals surface area contributed by atoms with E-state index in [0.717, 1.165) is 71.0 Å². The minimum atomic E-state index is -1.01. The van der Waals surface area contributed by atoms with Gasteiger partial charge in [-0.15, -0.1) is 0 Å². The maximum absolute atomic E-state index is 15.2. The van der Waals surface area contributed by atoms with Crippen molar-refractivity contribution < 1.29 is 18.4 Å². The molecule has 14 heteroatoms. The number of piperazine rings is 1. The van der Waals surface area contributed by atoms with Gasteiger partial charge in [0.1, 0.15) is 17.5 Å². The predicted molar refractivity (Wildman–Crippen MR) is 212 cm³/mol. The fraction of sp³-hybridized carbons (Fsp3) is 0.381. The molecule has 3 fully saturated rings. The van der Waals surface area contributed by atoms with Gasteiger partial charge in [-0.05, 0) is 102 Å². The van der Waals surface area contributed by atoms with Gasteiger partial charge >= 0.3 is 0 Å². The Balaban J connectivity index is 0.810. The van der Waals surface area contributed by atoms with Gasteiger partial charge in [0.15, 0.2) is 0 Å². The van der Waals surface area contributed by atoms with E-state index >= 15 is 8.78 Å². The van der Waals surface area contributed by atoms with Crippen molar-refractivity contribution in [2.24, 2.45) is 0 Å². The number of piperidine rings is 2. The van der Waals surface area contributed by atoms with Crippen LogP contribution in [0.15, 0.2) is 70.2 Å². The van der Waals surface area contributed by atoms with E-state index in [4.69, 9.17) is 9.97 Å². The first-order chi connectivity index (χ1) is 27.0. The van der Waals surface area contributed by atoms with Crippen LogP contribution in [0.3, 0.4) is 0 Å². The number of aromatic nitrogens is 4. The Labute approximate surface area is 330 Å². The maximum Gasteiger partial charge on any atom is 0.281 e. The van der Waals surface area contributed by atoms with Crippen LogP contribution in [0.2, 0.25) is 0 Å². The van der Waals surface area contributed by atoms with Crippen molar-refractivity contribution in [1.82, 2.24) is 29.7 Å². The molecule has 1 N–H and O–H groups in total. The van der Waals surface area contributed by atoms with Crippen molar-refractivity contribution in [3.8, 4) is 5.69 Å². The molecule has 4 aliphatic heterocycles. The third-order valence-corrected chi connectivity index (χ3v) is 12.8. The van der Waals surface area contributed by atoms with E-state index in [-0.39, 0.29) is 29.9 Å². The molecule has 0 radical (unpaired) electrons. The van der Waals surface area contributed by atoms with Crippen LogP contribution >= 0.6 is 15.9 Å². The Bertz CT molecular complexity index is 2430. The largest absolute Gasteiger partial charge is 0.369 e. The van der Waals surface area contributed by atoms with Crippen LogP contribution in [-0.4, -0.2) is 75.5 Å². The van der Waals surface area contributed by atoms with E-state index in [1.807, 2.05) is 30.6 Å². The van der Waals surface area contributed by atoms with Gasteiger partial charge in [-0.2, -0.15) is 4.98 Å². The topological polar surface area (TPSA) is 117 Å². The number of nitrogens with one attached hydrogen (secondary N) is 1. The Hall–Kier alpha value is -5.08. The first kappa shape index (κ1) is 36.6. The lowest BCUT2D eigenvalue weighted by atomic mass is 9.85. The summed E-state index contributed by atoms with van der Waals surface area (Å²) in [7, 11) is 0. The quantitative estimate of drug-likeness (QED) is 0.204. The third-order valence-electron chi connectivity index (χ3n) is 12.1. The number of carbonyl (C=O) groups excluding carboxylic acids is 2. The molecule has 1 atom stereocenters. The Morgan fingerprint density at radius 3 is 2.29 bits per heavy atom. The van der Waals surface area contributed by atoms with Crippen molar-refractivity contribution >= 4 is 50.3 Å². The summed E-state index contributed by atoms with van der Waals surface area (Å²) in [6.45, 7) is 9.79. The summed E-state index contributed by atoms with van der Waals surface area (Å²) in [6, 6.07) is 15.1. The number of anilines is 2. The molecule has 3 saturated heterocycles. The van der Waals surface area contributed by atoms with Crippen molar-refractivity contribution in [1.29, 1.82) is 0 Å². The second kappa shape index (κ2) is 14.1. The number of carbonyl (C=O) groups is 2. The third kappa shape index (κ3) is 6.36. The van der Waals surface area contributed by atoms with E-state index in [1.54, 1.807) is 0 Å². The highest BCUT2D eigenvalue weighted by molar-refractivity contribution is 9.10. The smallest absolute Gasteiger partial charge is 0.281 e. The molecule has 6 heterocycles. The lowest BCUT2D eigenvalue weighted by Gasteiger charge is -2.36.